The Morgan fingerprint density at radius 1 is 1.04 bits per heavy atom. The number of anilines is 1. The Kier molecular flexibility index (Phi) is 4.93. The molecular formula is C22H22N4O2. The predicted octanol–water partition coefficient (Wildman–Crippen LogP) is 3.06. The molecule has 1 saturated heterocycles. The van der Waals surface area contributed by atoms with Gasteiger partial charge in [0.05, 0.1) is 17.4 Å². The summed E-state index contributed by atoms with van der Waals surface area (Å²) < 4.78 is 1.71. The number of amides is 2. The molecule has 0 saturated carbocycles. The number of carbonyl (C=O) groups excluding carboxylic acids is 2. The maximum absolute atomic E-state index is 12.9. The van der Waals surface area contributed by atoms with Crippen LogP contribution in [0.2, 0.25) is 0 Å². The van der Waals surface area contributed by atoms with E-state index in [1.54, 1.807) is 26.9 Å². The lowest BCUT2D eigenvalue weighted by atomic mass is 10.0. The highest BCUT2D eigenvalue weighted by Gasteiger charge is 2.30. The highest BCUT2D eigenvalue weighted by atomic mass is 16.2. The van der Waals surface area contributed by atoms with Crippen LogP contribution >= 0.6 is 0 Å². The molecule has 0 unspecified atom stereocenters. The van der Waals surface area contributed by atoms with Gasteiger partial charge in [0.1, 0.15) is 6.54 Å². The van der Waals surface area contributed by atoms with E-state index in [4.69, 9.17) is 0 Å². The fourth-order valence-electron chi connectivity index (χ4n) is 3.50. The number of nitrogens with zero attached hydrogens (tertiary/aromatic N) is 4. The number of carbonyl (C=O) groups is 2. The van der Waals surface area contributed by atoms with Crippen LogP contribution in [0.25, 0.3) is 11.1 Å². The lowest BCUT2D eigenvalue weighted by molar-refractivity contribution is -0.120. The summed E-state index contributed by atoms with van der Waals surface area (Å²) >= 11 is 0. The van der Waals surface area contributed by atoms with Crippen LogP contribution in [0.1, 0.15) is 17.3 Å². The Morgan fingerprint density at radius 2 is 1.79 bits per heavy atom. The molecule has 0 radical (unpaired) electrons. The first-order valence-corrected chi connectivity index (χ1v) is 9.44. The molecule has 2 heterocycles. The summed E-state index contributed by atoms with van der Waals surface area (Å²) in [5.74, 6) is -0.227. The molecule has 142 valence electrons. The second-order valence-electron chi connectivity index (χ2n) is 6.74. The Bertz CT molecular complexity index is 997. The van der Waals surface area contributed by atoms with Gasteiger partial charge >= 0.3 is 0 Å². The Morgan fingerprint density at radius 3 is 2.50 bits per heavy atom. The van der Waals surface area contributed by atoms with Gasteiger partial charge in [-0.15, -0.1) is 0 Å². The number of rotatable bonds is 4. The number of para-hydroxylation sites is 1. The minimum absolute atomic E-state index is 0.0687. The summed E-state index contributed by atoms with van der Waals surface area (Å²) in [4.78, 5) is 29.0. The zero-order valence-electron chi connectivity index (χ0n) is 15.8. The Labute approximate surface area is 164 Å². The lowest BCUT2D eigenvalue weighted by Gasteiger charge is -2.35. The van der Waals surface area contributed by atoms with Crippen molar-refractivity contribution in [2.45, 2.75) is 13.5 Å². The minimum Gasteiger partial charge on any atom is -0.327 e. The van der Waals surface area contributed by atoms with E-state index in [0.717, 1.165) is 16.8 Å². The molecule has 2 amide bonds. The second-order valence-corrected chi connectivity index (χ2v) is 6.74. The van der Waals surface area contributed by atoms with Gasteiger partial charge in [0.15, 0.2) is 0 Å². The number of hydrogen-bond donors (Lipinski definition) is 0. The molecule has 0 N–H and O–H groups in total. The smallest absolute Gasteiger partial charge is 0.257 e. The molecule has 28 heavy (non-hydrogen) atoms. The van der Waals surface area contributed by atoms with Crippen molar-refractivity contribution in [2.24, 2.45) is 0 Å². The number of piperazine rings is 1. The zero-order valence-corrected chi connectivity index (χ0v) is 15.8. The fourth-order valence-corrected chi connectivity index (χ4v) is 3.50. The van der Waals surface area contributed by atoms with E-state index >= 15 is 0 Å². The average Bonchev–Trinajstić information content (AvgIpc) is 3.23. The normalized spacial score (nSPS) is 14.4. The molecule has 0 atom stereocenters. The van der Waals surface area contributed by atoms with E-state index < -0.39 is 0 Å². The van der Waals surface area contributed by atoms with Gasteiger partial charge in [-0.2, -0.15) is 5.10 Å². The molecule has 2 aromatic carbocycles. The van der Waals surface area contributed by atoms with Crippen LogP contribution in [-0.4, -0.2) is 46.1 Å². The van der Waals surface area contributed by atoms with Crippen molar-refractivity contribution in [3.05, 3.63) is 72.6 Å². The largest absolute Gasteiger partial charge is 0.327 e. The van der Waals surface area contributed by atoms with E-state index in [-0.39, 0.29) is 18.4 Å². The number of aromatic nitrogens is 2. The second kappa shape index (κ2) is 7.68. The van der Waals surface area contributed by atoms with Crippen molar-refractivity contribution in [1.29, 1.82) is 0 Å². The summed E-state index contributed by atoms with van der Waals surface area (Å²) in [6, 6.07) is 17.9. The first-order valence-electron chi connectivity index (χ1n) is 9.44. The first kappa shape index (κ1) is 18.0. The molecular weight excluding hydrogens is 352 g/mol. The quantitative estimate of drug-likeness (QED) is 0.705. The van der Waals surface area contributed by atoms with Crippen LogP contribution in [0.15, 0.2) is 67.0 Å². The molecule has 1 aliphatic heterocycles. The van der Waals surface area contributed by atoms with Gasteiger partial charge in [0.25, 0.3) is 5.91 Å². The van der Waals surface area contributed by atoms with Crippen molar-refractivity contribution >= 4 is 17.5 Å². The summed E-state index contributed by atoms with van der Waals surface area (Å²) in [7, 11) is 0. The maximum Gasteiger partial charge on any atom is 0.257 e. The molecule has 1 aromatic heterocycles. The van der Waals surface area contributed by atoms with Crippen LogP contribution in [0, 0.1) is 0 Å². The average molecular weight is 374 g/mol. The van der Waals surface area contributed by atoms with E-state index in [2.05, 4.69) is 5.10 Å². The standard InChI is InChI=1S/C22H22N4O2/c1-2-25-15-18(14-23-25)22(28)24-12-13-26(21(27)16-24)20-11-7-6-10-19(20)17-8-4-3-5-9-17/h3-11,14-15H,2,12-13,16H2,1H3. The van der Waals surface area contributed by atoms with Crippen molar-refractivity contribution in [2.75, 3.05) is 24.5 Å². The van der Waals surface area contributed by atoms with Crippen molar-refractivity contribution in [3.63, 3.8) is 0 Å². The predicted molar refractivity (Wildman–Crippen MR) is 108 cm³/mol. The van der Waals surface area contributed by atoms with Crippen LogP contribution in [0.4, 0.5) is 5.69 Å². The molecule has 0 bridgehead atoms. The summed E-state index contributed by atoms with van der Waals surface area (Å²) in [6.07, 6.45) is 3.29. The van der Waals surface area contributed by atoms with Gasteiger partial charge in [0.2, 0.25) is 5.91 Å². The first-order chi connectivity index (χ1) is 13.7. The van der Waals surface area contributed by atoms with E-state index in [9.17, 15) is 9.59 Å². The zero-order chi connectivity index (χ0) is 19.5. The van der Waals surface area contributed by atoms with E-state index in [0.29, 0.717) is 25.2 Å². The summed E-state index contributed by atoms with van der Waals surface area (Å²) in [6.45, 7) is 3.70. The monoisotopic (exact) mass is 374 g/mol. The van der Waals surface area contributed by atoms with Gasteiger partial charge in [-0.25, -0.2) is 0 Å². The van der Waals surface area contributed by atoms with E-state index in [1.165, 1.54) is 0 Å². The number of benzene rings is 2. The SMILES string of the molecule is CCn1cc(C(=O)N2CCN(c3ccccc3-c3ccccc3)C(=O)C2)cn1. The molecule has 3 aromatic rings. The summed E-state index contributed by atoms with van der Waals surface area (Å²) in [5.41, 5.74) is 3.48. The van der Waals surface area contributed by atoms with Crippen LogP contribution in [-0.2, 0) is 11.3 Å². The Balaban J connectivity index is 1.54. The van der Waals surface area contributed by atoms with Gasteiger partial charge in [-0.3, -0.25) is 14.3 Å². The third kappa shape index (κ3) is 3.41. The fraction of sp³-hybridized carbons (Fsp3) is 0.227. The van der Waals surface area contributed by atoms with Gasteiger partial charge in [0, 0.05) is 31.4 Å². The number of aryl methyl sites for hydroxylation is 1. The lowest BCUT2D eigenvalue weighted by Crippen LogP contribution is -2.52. The molecule has 1 fully saturated rings. The van der Waals surface area contributed by atoms with Gasteiger partial charge < -0.3 is 9.80 Å². The molecule has 4 rings (SSSR count). The highest BCUT2D eigenvalue weighted by molar-refractivity contribution is 6.03. The molecule has 0 aliphatic carbocycles. The van der Waals surface area contributed by atoms with Crippen molar-refractivity contribution in [3.8, 4) is 11.1 Å². The summed E-state index contributed by atoms with van der Waals surface area (Å²) in [5, 5.41) is 4.15. The number of hydrogen-bond acceptors (Lipinski definition) is 3. The third-order valence-corrected chi connectivity index (χ3v) is 4.99. The highest BCUT2D eigenvalue weighted by Crippen LogP contribution is 2.31. The Hall–Kier alpha value is -3.41. The van der Waals surface area contributed by atoms with Gasteiger partial charge in [-0.05, 0) is 18.6 Å². The van der Waals surface area contributed by atoms with Crippen molar-refractivity contribution in [1.82, 2.24) is 14.7 Å². The minimum atomic E-state index is -0.149. The van der Waals surface area contributed by atoms with E-state index in [1.807, 2.05) is 61.5 Å². The third-order valence-electron chi connectivity index (χ3n) is 4.99. The van der Waals surface area contributed by atoms with Crippen molar-refractivity contribution < 1.29 is 9.59 Å². The maximum atomic E-state index is 12.9. The van der Waals surface area contributed by atoms with Gasteiger partial charge in [-0.1, -0.05) is 48.5 Å². The van der Waals surface area contributed by atoms with Crippen LogP contribution in [0.3, 0.4) is 0 Å². The molecule has 6 heteroatoms. The molecule has 6 nitrogen and oxygen atoms in total. The van der Waals surface area contributed by atoms with Crippen LogP contribution < -0.4 is 4.90 Å². The molecule has 0 spiro atoms. The van der Waals surface area contributed by atoms with Crippen LogP contribution in [0.5, 0.6) is 0 Å². The topological polar surface area (TPSA) is 58.4 Å². The molecule has 1 aliphatic rings.